The number of hydrogen-bond donors (Lipinski definition) is 1. The molecule has 0 aliphatic heterocycles. The number of carbonyl (C=O) groups is 2. The summed E-state index contributed by atoms with van der Waals surface area (Å²) in [6.07, 6.45) is 7.84. The van der Waals surface area contributed by atoms with Gasteiger partial charge in [-0.05, 0) is 136 Å². The van der Waals surface area contributed by atoms with Crippen molar-refractivity contribution in [2.75, 3.05) is 6.61 Å². The van der Waals surface area contributed by atoms with Crippen LogP contribution < -0.4 is 4.74 Å². The number of esters is 1. The first-order valence-corrected chi connectivity index (χ1v) is 15.5. The molecule has 4 aliphatic carbocycles. The summed E-state index contributed by atoms with van der Waals surface area (Å²) < 4.78 is 51.7. The van der Waals surface area contributed by atoms with Crippen LogP contribution in [0.25, 0.3) is 5.57 Å². The number of carboxylic acids is 1. The third kappa shape index (κ3) is 7.74. The second-order valence-electron chi connectivity index (χ2n) is 13.9. The highest BCUT2D eigenvalue weighted by Crippen LogP contribution is 2.62. The van der Waals surface area contributed by atoms with Gasteiger partial charge >= 0.3 is 18.1 Å². The molecule has 0 unspecified atom stereocenters. The van der Waals surface area contributed by atoms with Crippen LogP contribution in [0.15, 0.2) is 60.7 Å². The topological polar surface area (TPSA) is 72.8 Å². The molecule has 1 N–H and O–H groups in total. The molecule has 4 saturated carbocycles. The Bertz CT molecular complexity index is 1410. The number of allylic oxidation sites excluding steroid dienone is 3. The smallest absolute Gasteiger partial charge is 0.416 e. The van der Waals surface area contributed by atoms with Gasteiger partial charge in [0.05, 0.1) is 5.56 Å². The van der Waals surface area contributed by atoms with E-state index in [1.54, 1.807) is 6.08 Å². The molecule has 44 heavy (non-hydrogen) atoms. The second-order valence-corrected chi connectivity index (χ2v) is 13.9. The van der Waals surface area contributed by atoms with Gasteiger partial charge in [-0.2, -0.15) is 13.2 Å². The Morgan fingerprint density at radius 1 is 0.955 bits per heavy atom. The van der Waals surface area contributed by atoms with Gasteiger partial charge in [0.15, 0.2) is 6.61 Å². The fourth-order valence-electron chi connectivity index (χ4n) is 7.94. The Labute approximate surface area is 257 Å². The summed E-state index contributed by atoms with van der Waals surface area (Å²) >= 11 is 0. The molecule has 2 aromatic rings. The fourth-order valence-corrected chi connectivity index (χ4v) is 7.94. The van der Waals surface area contributed by atoms with Gasteiger partial charge < -0.3 is 14.6 Å². The van der Waals surface area contributed by atoms with E-state index in [1.807, 2.05) is 26.8 Å². The van der Waals surface area contributed by atoms with Gasteiger partial charge in [-0.15, -0.1) is 0 Å². The first-order valence-electron chi connectivity index (χ1n) is 15.5. The number of alkyl halides is 3. The second kappa shape index (κ2) is 12.4. The molecular formula is C36H41F3O5. The van der Waals surface area contributed by atoms with Crippen LogP contribution in [0.4, 0.5) is 13.2 Å². The highest BCUT2D eigenvalue weighted by Gasteiger charge is 2.52. The number of carboxylic acid groups (broad SMARTS) is 1. The van der Waals surface area contributed by atoms with Gasteiger partial charge in [-0.3, -0.25) is 0 Å². The van der Waals surface area contributed by atoms with Gasteiger partial charge in [-0.1, -0.05) is 30.3 Å². The van der Waals surface area contributed by atoms with Crippen molar-refractivity contribution >= 4 is 17.5 Å². The van der Waals surface area contributed by atoms with Crippen molar-refractivity contribution in [3.8, 4) is 5.75 Å². The minimum Gasteiger partial charge on any atom is -0.482 e. The number of ether oxygens (including phenoxy) is 2. The van der Waals surface area contributed by atoms with Crippen LogP contribution in [0, 0.1) is 17.8 Å². The highest BCUT2D eigenvalue weighted by molar-refractivity contribution is 5.85. The molecule has 0 amide bonds. The van der Waals surface area contributed by atoms with Gasteiger partial charge in [0.1, 0.15) is 11.4 Å². The van der Waals surface area contributed by atoms with E-state index in [-0.39, 0.29) is 17.6 Å². The summed E-state index contributed by atoms with van der Waals surface area (Å²) in [6, 6.07) is 11.1. The van der Waals surface area contributed by atoms with Crippen LogP contribution in [0.5, 0.6) is 5.75 Å². The average molecular weight is 611 g/mol. The van der Waals surface area contributed by atoms with Crippen LogP contribution in [0.2, 0.25) is 0 Å². The lowest BCUT2D eigenvalue weighted by molar-refractivity contribution is -0.157. The molecule has 6 rings (SSSR count). The predicted molar refractivity (Wildman–Crippen MR) is 162 cm³/mol. The molecule has 8 heteroatoms. The Morgan fingerprint density at radius 3 is 2.20 bits per heavy atom. The first kappa shape index (κ1) is 31.9. The minimum atomic E-state index is -4.51. The van der Waals surface area contributed by atoms with Gasteiger partial charge in [0, 0.05) is 11.6 Å². The molecule has 0 saturated heterocycles. The van der Waals surface area contributed by atoms with Crippen molar-refractivity contribution in [1.29, 1.82) is 0 Å². The van der Waals surface area contributed by atoms with E-state index in [4.69, 9.17) is 14.6 Å². The van der Waals surface area contributed by atoms with Crippen LogP contribution in [-0.2, 0) is 32.3 Å². The van der Waals surface area contributed by atoms with Gasteiger partial charge in [0.2, 0.25) is 0 Å². The summed E-state index contributed by atoms with van der Waals surface area (Å²) in [6.45, 7) is 5.26. The standard InChI is InChI=1S/C36H41F3O5/c1-34(2,3)44-33(42)22-43-31-17-23(10-12-30(31)35-19-24-14-25(20-35)16-26(15-24)21-35)6-4-7-27(11-13-32(40)41)28-8-5-9-29(18-28)36(37,38)39/h5,7-13,17-18,24-26H,4,6,14-16,19-22H2,1-3H3,(H,40,41)/b13-11?,27-7-. The third-order valence-corrected chi connectivity index (χ3v) is 9.15. The van der Waals surface area contributed by atoms with Gasteiger partial charge in [-0.25, -0.2) is 9.59 Å². The molecular weight excluding hydrogens is 569 g/mol. The van der Waals surface area contributed by atoms with Crippen LogP contribution in [0.3, 0.4) is 0 Å². The summed E-state index contributed by atoms with van der Waals surface area (Å²) in [5.41, 5.74) is 1.43. The summed E-state index contributed by atoms with van der Waals surface area (Å²) in [5, 5.41) is 9.15. The van der Waals surface area contributed by atoms with Crippen molar-refractivity contribution in [2.24, 2.45) is 17.8 Å². The van der Waals surface area contributed by atoms with E-state index < -0.39 is 29.3 Å². The molecule has 2 aromatic carbocycles. The zero-order valence-corrected chi connectivity index (χ0v) is 25.6. The molecule has 4 bridgehead atoms. The number of benzene rings is 2. The van der Waals surface area contributed by atoms with E-state index in [9.17, 15) is 22.8 Å². The van der Waals surface area contributed by atoms with Crippen molar-refractivity contribution in [3.63, 3.8) is 0 Å². The number of carbonyl (C=O) groups excluding carboxylic acids is 1. The quantitative estimate of drug-likeness (QED) is 0.166. The minimum absolute atomic E-state index is 0.0503. The Hall–Kier alpha value is -3.55. The van der Waals surface area contributed by atoms with E-state index in [1.165, 1.54) is 37.5 Å². The number of aryl methyl sites for hydroxylation is 1. The molecule has 0 heterocycles. The van der Waals surface area contributed by atoms with Crippen molar-refractivity contribution in [3.05, 3.63) is 82.9 Å². The highest BCUT2D eigenvalue weighted by atomic mass is 19.4. The lowest BCUT2D eigenvalue weighted by Gasteiger charge is -2.57. The Balaban J connectivity index is 1.40. The molecule has 5 nitrogen and oxygen atoms in total. The lowest BCUT2D eigenvalue weighted by Crippen LogP contribution is -2.48. The van der Waals surface area contributed by atoms with E-state index in [2.05, 4.69) is 12.1 Å². The predicted octanol–water partition coefficient (Wildman–Crippen LogP) is 8.55. The van der Waals surface area contributed by atoms with E-state index in [0.717, 1.165) is 66.4 Å². The molecule has 4 aliphatic rings. The maximum absolute atomic E-state index is 13.3. The van der Waals surface area contributed by atoms with Crippen LogP contribution in [-0.4, -0.2) is 29.3 Å². The number of hydrogen-bond acceptors (Lipinski definition) is 4. The zero-order chi connectivity index (χ0) is 31.7. The van der Waals surface area contributed by atoms with E-state index in [0.29, 0.717) is 24.2 Å². The molecule has 0 atom stereocenters. The van der Waals surface area contributed by atoms with Crippen LogP contribution >= 0.6 is 0 Å². The first-order chi connectivity index (χ1) is 20.7. The maximum Gasteiger partial charge on any atom is 0.416 e. The lowest BCUT2D eigenvalue weighted by atomic mass is 9.48. The zero-order valence-electron chi connectivity index (χ0n) is 25.6. The number of rotatable bonds is 10. The summed E-state index contributed by atoms with van der Waals surface area (Å²) in [5.74, 6) is 1.28. The SMILES string of the molecule is CC(C)(C)OC(=O)COc1cc(CC/C=C(/C=CC(=O)O)c2cccc(C(F)(F)F)c2)ccc1C12CC3CC(CC(C3)C1)C2. The molecule has 0 radical (unpaired) electrons. The Morgan fingerprint density at radius 2 is 1.61 bits per heavy atom. The molecule has 4 fully saturated rings. The molecule has 236 valence electrons. The average Bonchev–Trinajstić information content (AvgIpc) is 2.91. The summed E-state index contributed by atoms with van der Waals surface area (Å²) in [7, 11) is 0. The van der Waals surface area contributed by atoms with Crippen LogP contribution in [0.1, 0.15) is 88.0 Å². The molecule has 0 aromatic heterocycles. The number of halogens is 3. The maximum atomic E-state index is 13.3. The third-order valence-electron chi connectivity index (χ3n) is 9.15. The monoisotopic (exact) mass is 610 g/mol. The fraction of sp³-hybridized carbons (Fsp3) is 0.500. The van der Waals surface area contributed by atoms with Crippen molar-refractivity contribution in [1.82, 2.24) is 0 Å². The normalized spacial score (nSPS) is 25.0. The largest absolute Gasteiger partial charge is 0.482 e. The van der Waals surface area contributed by atoms with Crippen molar-refractivity contribution < 1.29 is 37.3 Å². The number of aliphatic carboxylic acids is 1. The Kier molecular flexibility index (Phi) is 9.01. The van der Waals surface area contributed by atoms with E-state index >= 15 is 0 Å². The van der Waals surface area contributed by atoms with Crippen molar-refractivity contribution in [2.45, 2.75) is 89.3 Å². The van der Waals surface area contributed by atoms with Gasteiger partial charge in [0.25, 0.3) is 0 Å². The summed E-state index contributed by atoms with van der Waals surface area (Å²) in [4.78, 5) is 23.8. The molecule has 0 spiro atoms.